The summed E-state index contributed by atoms with van der Waals surface area (Å²) in [7, 11) is 0. The molecule has 0 radical (unpaired) electrons. The number of hydrogen-bond acceptors (Lipinski definition) is 4. The number of thioether (sulfide) groups is 1. The van der Waals surface area contributed by atoms with Crippen LogP contribution >= 0.6 is 11.8 Å². The monoisotopic (exact) mass is 291 g/mol. The minimum Gasteiger partial charge on any atom is -0.379 e. The first-order chi connectivity index (χ1) is 9.78. The van der Waals surface area contributed by atoms with Crippen molar-refractivity contribution in [3.05, 3.63) is 35.9 Å². The number of ketones is 1. The third-order valence-electron chi connectivity index (χ3n) is 3.36. The highest BCUT2D eigenvalue weighted by Crippen LogP contribution is 2.15. The van der Waals surface area contributed by atoms with Crippen LogP contribution in [-0.4, -0.2) is 49.8 Å². The molecule has 0 bridgehead atoms. The van der Waals surface area contributed by atoms with Gasteiger partial charge in [0, 0.05) is 31.0 Å². The van der Waals surface area contributed by atoms with Crippen LogP contribution in [0.1, 0.15) is 12.0 Å². The molecule has 1 aliphatic rings. The Labute approximate surface area is 125 Å². The number of hydrogen-bond donors (Lipinski definition) is 0. The van der Waals surface area contributed by atoms with Gasteiger partial charge in [0.25, 0.3) is 0 Å². The zero-order chi connectivity index (χ0) is 14.2. The van der Waals surface area contributed by atoms with Gasteiger partial charge in [-0.05, 0) is 30.0 Å². The van der Waals surface area contributed by atoms with E-state index in [9.17, 15) is 4.79 Å². The first-order valence-electron chi connectivity index (χ1n) is 6.93. The van der Waals surface area contributed by atoms with Gasteiger partial charge in [0.1, 0.15) is 0 Å². The molecule has 0 aromatic heterocycles. The van der Waals surface area contributed by atoms with Crippen LogP contribution in [0.25, 0.3) is 6.08 Å². The second-order valence-electron chi connectivity index (χ2n) is 4.78. The smallest absolute Gasteiger partial charge is 0.156 e. The lowest BCUT2D eigenvalue weighted by atomic mass is 10.1. The van der Waals surface area contributed by atoms with Gasteiger partial charge in [-0.25, -0.2) is 0 Å². The van der Waals surface area contributed by atoms with Crippen LogP contribution in [0.15, 0.2) is 35.2 Å². The molecule has 0 unspecified atom stereocenters. The topological polar surface area (TPSA) is 29.5 Å². The summed E-state index contributed by atoms with van der Waals surface area (Å²) in [6.07, 6.45) is 6.22. The molecule has 1 aliphatic heterocycles. The first kappa shape index (κ1) is 15.3. The fourth-order valence-electron chi connectivity index (χ4n) is 2.08. The summed E-state index contributed by atoms with van der Waals surface area (Å²) in [4.78, 5) is 15.4. The largest absolute Gasteiger partial charge is 0.379 e. The summed E-state index contributed by atoms with van der Waals surface area (Å²) in [5, 5.41) is 0. The van der Waals surface area contributed by atoms with Gasteiger partial charge in [-0.15, -0.1) is 11.8 Å². The number of rotatable bonds is 6. The highest BCUT2D eigenvalue weighted by Gasteiger charge is 2.10. The molecule has 0 N–H and O–H groups in total. The minimum atomic E-state index is 0.186. The van der Waals surface area contributed by atoms with Crippen molar-refractivity contribution >= 4 is 23.6 Å². The van der Waals surface area contributed by atoms with Crippen molar-refractivity contribution in [1.29, 1.82) is 0 Å². The van der Waals surface area contributed by atoms with Crippen molar-refractivity contribution in [2.45, 2.75) is 11.3 Å². The molecule has 1 heterocycles. The van der Waals surface area contributed by atoms with E-state index in [4.69, 9.17) is 4.74 Å². The Balaban J connectivity index is 1.76. The normalized spacial score (nSPS) is 16.6. The summed E-state index contributed by atoms with van der Waals surface area (Å²) in [6.45, 7) is 4.27. The Morgan fingerprint density at radius 2 is 2.00 bits per heavy atom. The molecule has 1 aromatic carbocycles. The Bertz CT molecular complexity index is 450. The van der Waals surface area contributed by atoms with Crippen LogP contribution in [0.4, 0.5) is 0 Å². The second kappa shape index (κ2) is 8.25. The standard InChI is InChI=1S/C16H21NO2S/c1-20-16-6-3-14(4-7-16)2-5-15(18)8-9-17-10-12-19-13-11-17/h2-7H,8-13H2,1H3. The lowest BCUT2D eigenvalue weighted by Gasteiger charge is -2.25. The van der Waals surface area contributed by atoms with Gasteiger partial charge in [-0.3, -0.25) is 9.69 Å². The highest BCUT2D eigenvalue weighted by molar-refractivity contribution is 7.98. The van der Waals surface area contributed by atoms with Gasteiger partial charge in [-0.2, -0.15) is 0 Å². The fourth-order valence-corrected chi connectivity index (χ4v) is 2.49. The summed E-state index contributed by atoms with van der Waals surface area (Å²) in [5.41, 5.74) is 1.07. The third-order valence-corrected chi connectivity index (χ3v) is 4.10. The third kappa shape index (κ3) is 5.12. The number of nitrogens with zero attached hydrogens (tertiary/aromatic N) is 1. The summed E-state index contributed by atoms with van der Waals surface area (Å²) < 4.78 is 5.29. The van der Waals surface area contributed by atoms with Gasteiger partial charge in [0.2, 0.25) is 0 Å². The SMILES string of the molecule is CSc1ccc(C=CC(=O)CCN2CCOCC2)cc1. The zero-order valence-electron chi connectivity index (χ0n) is 11.9. The van der Waals surface area contributed by atoms with E-state index in [-0.39, 0.29) is 5.78 Å². The molecular weight excluding hydrogens is 270 g/mol. The number of ether oxygens (including phenoxy) is 1. The quantitative estimate of drug-likeness (QED) is 0.595. The maximum absolute atomic E-state index is 11.8. The Hall–Kier alpha value is -1.10. The molecule has 1 fully saturated rings. The Kier molecular flexibility index (Phi) is 6.30. The van der Waals surface area contributed by atoms with Gasteiger partial charge >= 0.3 is 0 Å². The lowest BCUT2D eigenvalue weighted by Crippen LogP contribution is -2.37. The van der Waals surface area contributed by atoms with Crippen LogP contribution in [-0.2, 0) is 9.53 Å². The van der Waals surface area contributed by atoms with Crippen molar-refractivity contribution in [2.24, 2.45) is 0 Å². The number of carbonyl (C=O) groups is 1. The maximum Gasteiger partial charge on any atom is 0.156 e. The van der Waals surface area contributed by atoms with E-state index in [0.29, 0.717) is 6.42 Å². The summed E-state index contributed by atoms with van der Waals surface area (Å²) in [6, 6.07) is 8.22. The van der Waals surface area contributed by atoms with Crippen LogP contribution in [0, 0.1) is 0 Å². The predicted molar refractivity (Wildman–Crippen MR) is 84.1 cm³/mol. The van der Waals surface area contributed by atoms with Crippen LogP contribution < -0.4 is 0 Å². The molecule has 2 rings (SSSR count). The van der Waals surface area contributed by atoms with E-state index < -0.39 is 0 Å². The predicted octanol–water partition coefficient (Wildman–Crippen LogP) is 2.71. The zero-order valence-corrected chi connectivity index (χ0v) is 12.7. The average Bonchev–Trinajstić information content (AvgIpc) is 2.52. The van der Waals surface area contributed by atoms with Crippen molar-refractivity contribution in [3.63, 3.8) is 0 Å². The molecule has 0 atom stereocenters. The Morgan fingerprint density at radius 1 is 1.30 bits per heavy atom. The van der Waals surface area contributed by atoms with Crippen molar-refractivity contribution in [3.8, 4) is 0 Å². The molecule has 0 amide bonds. The number of carbonyl (C=O) groups excluding carboxylic acids is 1. The van der Waals surface area contributed by atoms with Crippen LogP contribution in [0.3, 0.4) is 0 Å². The fraction of sp³-hybridized carbons (Fsp3) is 0.438. The van der Waals surface area contributed by atoms with Crippen molar-refractivity contribution in [1.82, 2.24) is 4.90 Å². The molecule has 0 spiro atoms. The molecule has 0 saturated carbocycles. The molecule has 108 valence electrons. The molecule has 1 aromatic rings. The van der Waals surface area contributed by atoms with E-state index in [0.717, 1.165) is 38.4 Å². The number of morpholine rings is 1. The highest BCUT2D eigenvalue weighted by atomic mass is 32.2. The van der Waals surface area contributed by atoms with Crippen LogP contribution in [0.5, 0.6) is 0 Å². The average molecular weight is 291 g/mol. The molecule has 1 saturated heterocycles. The minimum absolute atomic E-state index is 0.186. The van der Waals surface area contributed by atoms with Gasteiger partial charge in [0.05, 0.1) is 13.2 Å². The van der Waals surface area contributed by atoms with E-state index in [1.165, 1.54) is 4.90 Å². The molecule has 0 aliphatic carbocycles. The first-order valence-corrected chi connectivity index (χ1v) is 8.15. The van der Waals surface area contributed by atoms with E-state index >= 15 is 0 Å². The van der Waals surface area contributed by atoms with Gasteiger partial charge < -0.3 is 4.74 Å². The Morgan fingerprint density at radius 3 is 2.65 bits per heavy atom. The van der Waals surface area contributed by atoms with Gasteiger partial charge in [0.15, 0.2) is 5.78 Å². The van der Waals surface area contributed by atoms with Crippen molar-refractivity contribution < 1.29 is 9.53 Å². The summed E-state index contributed by atoms with van der Waals surface area (Å²) >= 11 is 1.72. The molecule has 20 heavy (non-hydrogen) atoms. The summed E-state index contributed by atoms with van der Waals surface area (Å²) in [5.74, 6) is 0.186. The molecule has 4 heteroatoms. The second-order valence-corrected chi connectivity index (χ2v) is 5.66. The lowest BCUT2D eigenvalue weighted by molar-refractivity contribution is -0.115. The van der Waals surface area contributed by atoms with E-state index in [1.807, 2.05) is 18.2 Å². The number of benzene rings is 1. The van der Waals surface area contributed by atoms with E-state index in [2.05, 4.69) is 23.3 Å². The maximum atomic E-state index is 11.8. The molecule has 3 nitrogen and oxygen atoms in total. The van der Waals surface area contributed by atoms with Crippen molar-refractivity contribution in [2.75, 3.05) is 39.1 Å². The van der Waals surface area contributed by atoms with E-state index in [1.54, 1.807) is 17.8 Å². The van der Waals surface area contributed by atoms with Gasteiger partial charge in [-0.1, -0.05) is 18.2 Å². The molecular formula is C16H21NO2S. The number of allylic oxidation sites excluding steroid dienone is 1. The van der Waals surface area contributed by atoms with Crippen LogP contribution in [0.2, 0.25) is 0 Å².